The number of ether oxygens (including phenoxy) is 2. The van der Waals surface area contributed by atoms with Gasteiger partial charge in [-0.15, -0.1) is 12.4 Å². The highest BCUT2D eigenvalue weighted by molar-refractivity contribution is 6.30. The van der Waals surface area contributed by atoms with Gasteiger partial charge in [0.25, 0.3) is 0 Å². The lowest BCUT2D eigenvalue weighted by Gasteiger charge is -2.27. The molecular weight excluding hydrogens is 591 g/mol. The van der Waals surface area contributed by atoms with Gasteiger partial charge in [0.1, 0.15) is 18.1 Å². The van der Waals surface area contributed by atoms with Gasteiger partial charge in [-0.1, -0.05) is 60.1 Å². The number of rotatable bonds is 10. The molecule has 0 saturated heterocycles. The van der Waals surface area contributed by atoms with Crippen LogP contribution in [0.2, 0.25) is 5.02 Å². The van der Waals surface area contributed by atoms with Gasteiger partial charge in [0.2, 0.25) is 0 Å². The van der Waals surface area contributed by atoms with E-state index in [-0.39, 0.29) is 42.1 Å². The fourth-order valence-corrected chi connectivity index (χ4v) is 5.15. The van der Waals surface area contributed by atoms with Crippen molar-refractivity contribution >= 4 is 41.8 Å². The fourth-order valence-electron chi connectivity index (χ4n) is 4.95. The number of carboxylic acids is 1. The first-order chi connectivity index (χ1) is 20.3. The number of amides is 1. The molecular formula is C33H32Cl2N2O6. The Bertz CT molecular complexity index is 1570. The number of hydrogen-bond donors (Lipinski definition) is 4. The third-order valence-electron chi connectivity index (χ3n) is 7.09. The molecule has 1 aliphatic carbocycles. The maximum absolute atomic E-state index is 12.4. The SMILES string of the molecule is Cl.O=C(Nc1cc(Oc2ccc3c(c2)C[C@@H](NC[C@@H](O)c2cccc(Cl)c2)CC3)cc(C(=O)O)c1)OCc1ccccc1. The van der Waals surface area contributed by atoms with Crippen LogP contribution < -0.4 is 15.4 Å². The Hall–Kier alpha value is -4.08. The number of aromatic carboxylic acids is 1. The van der Waals surface area contributed by atoms with Crippen LogP contribution in [-0.4, -0.2) is 34.9 Å². The van der Waals surface area contributed by atoms with E-state index >= 15 is 0 Å². The molecule has 4 aromatic carbocycles. The number of carbonyl (C=O) groups is 2. The molecule has 0 aliphatic heterocycles. The molecule has 43 heavy (non-hydrogen) atoms. The van der Waals surface area contributed by atoms with Gasteiger partial charge in [-0.2, -0.15) is 0 Å². The van der Waals surface area contributed by atoms with Crippen LogP contribution in [-0.2, 0) is 24.2 Å². The largest absolute Gasteiger partial charge is 0.478 e. The second-order valence-electron chi connectivity index (χ2n) is 10.2. The van der Waals surface area contributed by atoms with Crippen molar-refractivity contribution in [3.05, 3.63) is 124 Å². The molecule has 0 spiro atoms. The van der Waals surface area contributed by atoms with Crippen molar-refractivity contribution in [2.45, 2.75) is 38.0 Å². The van der Waals surface area contributed by atoms with E-state index in [0.717, 1.165) is 36.0 Å². The molecule has 4 aromatic rings. The third kappa shape index (κ3) is 8.95. The van der Waals surface area contributed by atoms with Gasteiger partial charge in [-0.3, -0.25) is 5.32 Å². The van der Waals surface area contributed by atoms with Crippen LogP contribution in [0, 0.1) is 0 Å². The van der Waals surface area contributed by atoms with Gasteiger partial charge in [0.15, 0.2) is 0 Å². The number of hydrogen-bond acceptors (Lipinski definition) is 6. The fraction of sp³-hybridized carbons (Fsp3) is 0.212. The molecule has 1 aliphatic rings. The van der Waals surface area contributed by atoms with E-state index in [2.05, 4.69) is 10.6 Å². The molecule has 10 heteroatoms. The van der Waals surface area contributed by atoms with Crippen LogP contribution in [0.5, 0.6) is 11.5 Å². The highest BCUT2D eigenvalue weighted by Crippen LogP contribution is 2.31. The molecule has 224 valence electrons. The standard InChI is InChI=1S/C33H31ClN2O6.ClH/c34-26-8-4-7-23(13-26)31(37)19-35-27-11-9-22-10-12-29(16-24(22)14-27)42-30-17-25(32(38)39)15-28(18-30)36-33(40)41-20-21-5-2-1-3-6-21;/h1-8,10,12-13,15-18,27,31,35,37H,9,11,14,19-20H2,(H,36,40)(H,38,39);1H/t27-,31+;/m0./s1. The van der Waals surface area contributed by atoms with Crippen LogP contribution in [0.4, 0.5) is 10.5 Å². The summed E-state index contributed by atoms with van der Waals surface area (Å²) in [6.07, 6.45) is 1.20. The van der Waals surface area contributed by atoms with E-state index in [4.69, 9.17) is 21.1 Å². The maximum atomic E-state index is 12.4. The predicted molar refractivity (Wildman–Crippen MR) is 168 cm³/mol. The number of fused-ring (bicyclic) bond motifs is 1. The zero-order chi connectivity index (χ0) is 29.5. The van der Waals surface area contributed by atoms with Crippen LogP contribution >= 0.6 is 24.0 Å². The summed E-state index contributed by atoms with van der Waals surface area (Å²) < 4.78 is 11.3. The van der Waals surface area contributed by atoms with Crippen LogP contribution in [0.1, 0.15) is 45.1 Å². The second-order valence-corrected chi connectivity index (χ2v) is 10.6. The summed E-state index contributed by atoms with van der Waals surface area (Å²) in [5, 5.41) is 26.8. The van der Waals surface area contributed by atoms with E-state index in [1.165, 1.54) is 17.7 Å². The summed E-state index contributed by atoms with van der Waals surface area (Å²) in [5.74, 6) is -0.336. The number of carboxylic acid groups (broad SMARTS) is 1. The zero-order valence-corrected chi connectivity index (χ0v) is 24.7. The summed E-state index contributed by atoms with van der Waals surface area (Å²) in [6, 6.07) is 26.8. The Balaban J connectivity index is 0.00000423. The minimum atomic E-state index is -1.15. The third-order valence-corrected chi connectivity index (χ3v) is 7.32. The monoisotopic (exact) mass is 622 g/mol. The number of benzene rings is 4. The first kappa shape index (κ1) is 31.8. The molecule has 0 bridgehead atoms. The topological polar surface area (TPSA) is 117 Å². The summed E-state index contributed by atoms with van der Waals surface area (Å²) in [4.78, 5) is 24.1. The summed E-state index contributed by atoms with van der Waals surface area (Å²) in [7, 11) is 0. The molecule has 0 saturated carbocycles. The van der Waals surface area contributed by atoms with Gasteiger partial charge in [-0.25, -0.2) is 9.59 Å². The van der Waals surface area contributed by atoms with Crippen molar-refractivity contribution in [3.63, 3.8) is 0 Å². The Morgan fingerprint density at radius 2 is 1.74 bits per heavy atom. The first-order valence-corrected chi connectivity index (χ1v) is 14.0. The van der Waals surface area contributed by atoms with Gasteiger partial charge in [-0.05, 0) is 77.9 Å². The van der Waals surface area contributed by atoms with Crippen molar-refractivity contribution in [2.24, 2.45) is 0 Å². The van der Waals surface area contributed by atoms with Crippen LogP contribution in [0.15, 0.2) is 91.0 Å². The number of anilines is 1. The quantitative estimate of drug-likeness (QED) is 0.148. The van der Waals surface area contributed by atoms with E-state index in [9.17, 15) is 19.8 Å². The van der Waals surface area contributed by atoms with Gasteiger partial charge in [0.05, 0.1) is 11.7 Å². The number of halogens is 2. The molecule has 5 rings (SSSR count). The molecule has 0 fully saturated rings. The number of carbonyl (C=O) groups excluding carboxylic acids is 1. The van der Waals surface area contributed by atoms with Gasteiger partial charge >= 0.3 is 12.1 Å². The highest BCUT2D eigenvalue weighted by atomic mass is 35.5. The van der Waals surface area contributed by atoms with Crippen molar-refractivity contribution < 1.29 is 29.3 Å². The average molecular weight is 624 g/mol. The maximum Gasteiger partial charge on any atom is 0.411 e. The Morgan fingerprint density at radius 1 is 0.930 bits per heavy atom. The summed E-state index contributed by atoms with van der Waals surface area (Å²) in [5.41, 5.74) is 4.14. The van der Waals surface area contributed by atoms with E-state index in [0.29, 0.717) is 17.3 Å². The zero-order valence-electron chi connectivity index (χ0n) is 23.2. The minimum absolute atomic E-state index is 0. The van der Waals surface area contributed by atoms with E-state index < -0.39 is 18.2 Å². The number of nitrogens with one attached hydrogen (secondary N) is 2. The van der Waals surface area contributed by atoms with Gasteiger partial charge < -0.3 is 25.0 Å². The molecule has 0 aromatic heterocycles. The van der Waals surface area contributed by atoms with Crippen molar-refractivity contribution in [1.29, 1.82) is 0 Å². The lowest BCUT2D eigenvalue weighted by atomic mass is 9.88. The van der Waals surface area contributed by atoms with Crippen molar-refractivity contribution in [1.82, 2.24) is 5.32 Å². The van der Waals surface area contributed by atoms with Crippen LogP contribution in [0.25, 0.3) is 0 Å². The lowest BCUT2D eigenvalue weighted by molar-refractivity contribution is 0.0696. The Kier molecular flexibility index (Phi) is 11.0. The van der Waals surface area contributed by atoms with E-state index in [1.54, 1.807) is 18.2 Å². The molecule has 4 N–H and O–H groups in total. The Morgan fingerprint density at radius 3 is 2.51 bits per heavy atom. The molecule has 2 atom stereocenters. The summed E-state index contributed by atoms with van der Waals surface area (Å²) in [6.45, 7) is 0.487. The normalized spacial score (nSPS) is 14.5. The molecule has 0 unspecified atom stereocenters. The lowest BCUT2D eigenvalue weighted by Crippen LogP contribution is -2.37. The predicted octanol–water partition coefficient (Wildman–Crippen LogP) is 7.18. The number of aliphatic hydroxyl groups excluding tert-OH is 1. The molecule has 1 amide bonds. The molecule has 0 heterocycles. The van der Waals surface area contributed by atoms with Crippen molar-refractivity contribution in [3.8, 4) is 11.5 Å². The molecule has 8 nitrogen and oxygen atoms in total. The summed E-state index contributed by atoms with van der Waals surface area (Å²) >= 11 is 6.06. The van der Waals surface area contributed by atoms with E-state index in [1.807, 2.05) is 60.7 Å². The number of aliphatic hydroxyl groups is 1. The smallest absolute Gasteiger partial charge is 0.411 e. The molecule has 0 radical (unpaired) electrons. The van der Waals surface area contributed by atoms with Crippen LogP contribution in [0.3, 0.4) is 0 Å². The first-order valence-electron chi connectivity index (χ1n) is 13.6. The highest BCUT2D eigenvalue weighted by Gasteiger charge is 2.21. The van der Waals surface area contributed by atoms with Gasteiger partial charge in [0, 0.05) is 29.4 Å². The second kappa shape index (κ2) is 14.9. The average Bonchev–Trinajstić information content (AvgIpc) is 2.99. The number of aryl methyl sites for hydroxylation is 1. The van der Waals surface area contributed by atoms with Crippen molar-refractivity contribution in [2.75, 3.05) is 11.9 Å². The Labute approximate surface area is 261 Å². The minimum Gasteiger partial charge on any atom is -0.478 e.